The second kappa shape index (κ2) is 4.78. The zero-order chi connectivity index (χ0) is 6.41. The van der Waals surface area contributed by atoms with Gasteiger partial charge < -0.3 is 10.5 Å². The maximum Gasteiger partial charge on any atom is 0.0434 e. The second-order valence-corrected chi connectivity index (χ2v) is 1.78. The fraction of sp³-hybridized carbons (Fsp3) is 0.833. The van der Waals surface area contributed by atoms with Gasteiger partial charge in [-0.2, -0.15) is 0 Å². The van der Waals surface area contributed by atoms with Crippen molar-refractivity contribution in [1.82, 2.24) is 0 Å². The molecule has 0 fully saturated rings. The van der Waals surface area contributed by atoms with Crippen molar-refractivity contribution >= 4 is 5.71 Å². The molecule has 2 heteroatoms. The summed E-state index contributed by atoms with van der Waals surface area (Å²) < 4.78 is 0. The Kier molecular flexibility index (Phi) is 4.56. The van der Waals surface area contributed by atoms with Crippen LogP contribution in [0.5, 0.6) is 0 Å². The summed E-state index contributed by atoms with van der Waals surface area (Å²) in [5, 5.41) is 15.4. The summed E-state index contributed by atoms with van der Waals surface area (Å²) in [6, 6.07) is 0. The van der Waals surface area contributed by atoms with E-state index in [2.05, 4.69) is 0 Å². The maximum absolute atomic E-state index is 8.31. The molecule has 2 nitrogen and oxygen atoms in total. The summed E-state index contributed by atoms with van der Waals surface area (Å²) in [5.74, 6) is 0. The van der Waals surface area contributed by atoms with Gasteiger partial charge in [-0.1, -0.05) is 6.92 Å². The Balaban J connectivity index is 2.99. The first-order chi connectivity index (χ1) is 3.81. The van der Waals surface area contributed by atoms with Crippen LogP contribution in [0.3, 0.4) is 0 Å². The first kappa shape index (κ1) is 7.63. The number of rotatable bonds is 4. The van der Waals surface area contributed by atoms with Crippen LogP contribution in [0.1, 0.15) is 26.2 Å². The zero-order valence-electron chi connectivity index (χ0n) is 5.28. The maximum atomic E-state index is 8.31. The summed E-state index contributed by atoms with van der Waals surface area (Å²) in [6.45, 7) is 2.17. The number of hydrogen-bond donors (Lipinski definition) is 2. The fourth-order valence-electron chi connectivity index (χ4n) is 0.469. The van der Waals surface area contributed by atoms with Crippen molar-refractivity contribution < 1.29 is 5.11 Å². The van der Waals surface area contributed by atoms with Gasteiger partial charge in [0.25, 0.3) is 0 Å². The lowest BCUT2D eigenvalue weighted by molar-refractivity contribution is 0.291. The van der Waals surface area contributed by atoms with Crippen molar-refractivity contribution in [3.05, 3.63) is 0 Å². The molecule has 0 rings (SSSR count). The number of aliphatic hydroxyl groups is 1. The number of hydrogen-bond acceptors (Lipinski definition) is 2. The first-order valence-corrected chi connectivity index (χ1v) is 2.98. The van der Waals surface area contributed by atoms with Crippen LogP contribution in [-0.4, -0.2) is 17.4 Å². The van der Waals surface area contributed by atoms with Crippen LogP contribution in [0.2, 0.25) is 0 Å². The predicted molar refractivity (Wildman–Crippen MR) is 34.3 cm³/mol. The highest BCUT2D eigenvalue weighted by atomic mass is 16.2. The van der Waals surface area contributed by atoms with Crippen LogP contribution in [0.25, 0.3) is 0 Å². The van der Waals surface area contributed by atoms with Gasteiger partial charge in [-0.25, -0.2) is 0 Å². The third-order valence-corrected chi connectivity index (χ3v) is 1.06. The summed E-state index contributed by atoms with van der Waals surface area (Å²) in [4.78, 5) is 0. The molecule has 0 spiro atoms. The monoisotopic (exact) mass is 115 g/mol. The molecule has 0 saturated heterocycles. The molecular weight excluding hydrogens is 102 g/mol. The lowest BCUT2D eigenvalue weighted by atomic mass is 10.2. The molecule has 2 N–H and O–H groups in total. The lowest BCUT2D eigenvalue weighted by Gasteiger charge is -1.94. The van der Waals surface area contributed by atoms with Gasteiger partial charge in [-0.3, -0.25) is 0 Å². The molecule has 48 valence electrons. The van der Waals surface area contributed by atoms with Crippen LogP contribution in [0, 0.1) is 5.41 Å². The highest BCUT2D eigenvalue weighted by molar-refractivity contribution is 5.80. The first-order valence-electron chi connectivity index (χ1n) is 2.98. The van der Waals surface area contributed by atoms with Crippen molar-refractivity contribution in [3.63, 3.8) is 0 Å². The van der Waals surface area contributed by atoms with E-state index in [9.17, 15) is 0 Å². The van der Waals surface area contributed by atoms with Gasteiger partial charge in [-0.15, -0.1) is 0 Å². The van der Waals surface area contributed by atoms with E-state index in [-0.39, 0.29) is 6.61 Å². The minimum Gasteiger partial charge on any atom is -0.396 e. The molecule has 0 aliphatic heterocycles. The average molecular weight is 115 g/mol. The van der Waals surface area contributed by atoms with Gasteiger partial charge in [0.15, 0.2) is 0 Å². The Bertz CT molecular complexity index is 70.9. The van der Waals surface area contributed by atoms with E-state index in [1.165, 1.54) is 0 Å². The summed E-state index contributed by atoms with van der Waals surface area (Å²) in [5.41, 5.74) is 0.735. The normalized spacial score (nSPS) is 9.25. The van der Waals surface area contributed by atoms with Gasteiger partial charge in [0.1, 0.15) is 0 Å². The molecule has 0 unspecified atom stereocenters. The van der Waals surface area contributed by atoms with E-state index in [4.69, 9.17) is 10.5 Å². The van der Waals surface area contributed by atoms with Gasteiger partial charge in [0.05, 0.1) is 0 Å². The largest absolute Gasteiger partial charge is 0.396 e. The van der Waals surface area contributed by atoms with Gasteiger partial charge >= 0.3 is 0 Å². The van der Waals surface area contributed by atoms with Crippen molar-refractivity contribution in [1.29, 1.82) is 5.41 Å². The second-order valence-electron chi connectivity index (χ2n) is 1.78. The fourth-order valence-corrected chi connectivity index (χ4v) is 0.469. The molecule has 0 aromatic carbocycles. The SMILES string of the molecule is CCC(=N)CCCO. The Labute approximate surface area is 50.0 Å². The third kappa shape index (κ3) is 3.81. The van der Waals surface area contributed by atoms with E-state index < -0.39 is 0 Å². The molecule has 0 heterocycles. The minimum absolute atomic E-state index is 0.211. The summed E-state index contributed by atoms with van der Waals surface area (Å²) >= 11 is 0. The molecule has 0 atom stereocenters. The van der Waals surface area contributed by atoms with Gasteiger partial charge in [-0.05, 0) is 19.3 Å². The van der Waals surface area contributed by atoms with E-state index in [0.29, 0.717) is 0 Å². The molecule has 0 radical (unpaired) electrons. The van der Waals surface area contributed by atoms with Crippen LogP contribution in [-0.2, 0) is 0 Å². The Hall–Kier alpha value is -0.370. The number of nitrogens with one attached hydrogen (secondary N) is 1. The smallest absolute Gasteiger partial charge is 0.0434 e. The minimum atomic E-state index is 0.211. The van der Waals surface area contributed by atoms with Crippen molar-refractivity contribution in [2.24, 2.45) is 0 Å². The van der Waals surface area contributed by atoms with Crippen LogP contribution in [0.15, 0.2) is 0 Å². The average Bonchev–Trinajstić information content (AvgIpc) is 1.83. The molecule has 0 aliphatic rings. The number of aliphatic hydroxyl groups excluding tert-OH is 1. The molecular formula is C6H13NO. The van der Waals surface area contributed by atoms with E-state index in [1.807, 2.05) is 6.92 Å². The van der Waals surface area contributed by atoms with Gasteiger partial charge in [0.2, 0.25) is 0 Å². The zero-order valence-corrected chi connectivity index (χ0v) is 5.28. The van der Waals surface area contributed by atoms with Crippen LogP contribution >= 0.6 is 0 Å². The molecule has 0 saturated carbocycles. The Morgan fingerprint density at radius 3 is 2.62 bits per heavy atom. The highest BCUT2D eigenvalue weighted by Gasteiger charge is 1.89. The molecule has 0 bridgehead atoms. The van der Waals surface area contributed by atoms with Crippen molar-refractivity contribution in [2.75, 3.05) is 6.61 Å². The topological polar surface area (TPSA) is 44.1 Å². The summed E-state index contributed by atoms with van der Waals surface area (Å²) in [6.07, 6.45) is 2.32. The van der Waals surface area contributed by atoms with Crippen molar-refractivity contribution in [3.8, 4) is 0 Å². The lowest BCUT2D eigenvalue weighted by Crippen LogP contribution is -1.94. The van der Waals surface area contributed by atoms with Gasteiger partial charge in [0, 0.05) is 12.3 Å². The highest BCUT2D eigenvalue weighted by Crippen LogP contribution is 1.92. The standard InChI is InChI=1S/C6H13NO/c1-2-6(7)4-3-5-8/h7-8H,2-5H2,1H3. The molecule has 0 aliphatic carbocycles. The molecule has 0 aromatic rings. The van der Waals surface area contributed by atoms with E-state index >= 15 is 0 Å². The predicted octanol–water partition coefficient (Wildman–Crippen LogP) is 1.19. The molecule has 0 amide bonds. The summed E-state index contributed by atoms with van der Waals surface area (Å²) in [7, 11) is 0. The third-order valence-electron chi connectivity index (χ3n) is 1.06. The van der Waals surface area contributed by atoms with Crippen LogP contribution < -0.4 is 0 Å². The Morgan fingerprint density at radius 2 is 2.25 bits per heavy atom. The quantitative estimate of drug-likeness (QED) is 0.531. The van der Waals surface area contributed by atoms with Crippen LogP contribution in [0.4, 0.5) is 0 Å². The van der Waals surface area contributed by atoms with Crippen molar-refractivity contribution in [2.45, 2.75) is 26.2 Å². The van der Waals surface area contributed by atoms with E-state index in [1.54, 1.807) is 0 Å². The Morgan fingerprint density at radius 1 is 1.62 bits per heavy atom. The molecule has 8 heavy (non-hydrogen) atoms. The molecule has 0 aromatic heterocycles. The van der Waals surface area contributed by atoms with E-state index in [0.717, 1.165) is 25.0 Å².